The number of carbonyl (C=O) groups is 3. The van der Waals surface area contributed by atoms with Gasteiger partial charge in [0, 0.05) is 25.3 Å². The molecule has 0 radical (unpaired) electrons. The quantitative estimate of drug-likeness (QED) is 0.737. The van der Waals surface area contributed by atoms with Crippen molar-refractivity contribution < 1.29 is 19.5 Å². The molecule has 2 amide bonds. The zero-order valence-electron chi connectivity index (χ0n) is 11.3. The normalized spacial score (nSPS) is 18.2. The fourth-order valence-electron chi connectivity index (χ4n) is 1.96. The third kappa shape index (κ3) is 4.41. The first-order valence-electron chi connectivity index (χ1n) is 6.35. The molecule has 108 valence electrons. The third-order valence-electron chi connectivity index (χ3n) is 3.09. The van der Waals surface area contributed by atoms with Gasteiger partial charge in [0.15, 0.2) is 0 Å². The average molecular weight is 288 g/mol. The first kappa shape index (κ1) is 15.8. The highest BCUT2D eigenvalue weighted by atomic mass is 32.2. The Hall–Kier alpha value is -1.24. The van der Waals surface area contributed by atoms with E-state index in [9.17, 15) is 14.4 Å². The molecule has 0 aliphatic carbocycles. The lowest BCUT2D eigenvalue weighted by atomic mass is 9.96. The number of amides is 2. The van der Waals surface area contributed by atoms with Gasteiger partial charge in [-0.15, -0.1) is 0 Å². The maximum Gasteiger partial charge on any atom is 0.329 e. The number of nitrogens with one attached hydrogen (secondary N) is 1. The lowest BCUT2D eigenvalue weighted by molar-refractivity contribution is -0.147. The topological polar surface area (TPSA) is 86.7 Å². The largest absolute Gasteiger partial charge is 0.480 e. The fraction of sp³-hybridized carbons (Fsp3) is 0.750. The summed E-state index contributed by atoms with van der Waals surface area (Å²) in [4.78, 5) is 35.9. The van der Waals surface area contributed by atoms with Gasteiger partial charge in [0.25, 0.3) is 5.24 Å². The minimum atomic E-state index is -1.23. The van der Waals surface area contributed by atoms with Crippen LogP contribution in [0.1, 0.15) is 33.1 Å². The van der Waals surface area contributed by atoms with Crippen LogP contribution in [0.5, 0.6) is 0 Å². The molecule has 1 aliphatic heterocycles. The maximum absolute atomic E-state index is 11.8. The lowest BCUT2D eigenvalue weighted by Gasteiger charge is -2.26. The lowest BCUT2D eigenvalue weighted by Crippen LogP contribution is -2.52. The summed E-state index contributed by atoms with van der Waals surface area (Å²) in [6.45, 7) is 4.38. The molecule has 0 aromatic heterocycles. The molecule has 0 bridgehead atoms. The number of hydrogen-bond acceptors (Lipinski definition) is 4. The van der Waals surface area contributed by atoms with E-state index in [1.807, 2.05) is 6.92 Å². The molecule has 0 saturated carbocycles. The van der Waals surface area contributed by atoms with E-state index in [1.54, 1.807) is 4.90 Å². The van der Waals surface area contributed by atoms with Gasteiger partial charge in [-0.2, -0.15) is 0 Å². The van der Waals surface area contributed by atoms with E-state index in [4.69, 9.17) is 5.11 Å². The predicted molar refractivity (Wildman–Crippen MR) is 73.1 cm³/mol. The van der Waals surface area contributed by atoms with Crippen LogP contribution in [0.15, 0.2) is 0 Å². The second-order valence-corrected chi connectivity index (χ2v) is 5.83. The van der Waals surface area contributed by atoms with Gasteiger partial charge in [-0.3, -0.25) is 9.59 Å². The number of carboxylic acids is 1. The highest BCUT2D eigenvalue weighted by Crippen LogP contribution is 2.17. The van der Waals surface area contributed by atoms with Gasteiger partial charge in [-0.05, 0) is 13.3 Å². The van der Waals surface area contributed by atoms with Crippen molar-refractivity contribution >= 4 is 28.9 Å². The SMILES string of the molecule is CCCC(C)(NC(=O)CCN1CCSC1=O)C(=O)O. The van der Waals surface area contributed by atoms with Crippen molar-refractivity contribution in [1.29, 1.82) is 0 Å². The molecule has 0 spiro atoms. The van der Waals surface area contributed by atoms with E-state index in [1.165, 1.54) is 18.7 Å². The van der Waals surface area contributed by atoms with E-state index >= 15 is 0 Å². The molecule has 0 aromatic rings. The molecule has 1 atom stereocenters. The zero-order chi connectivity index (χ0) is 14.5. The highest BCUT2D eigenvalue weighted by molar-refractivity contribution is 8.13. The summed E-state index contributed by atoms with van der Waals surface area (Å²) >= 11 is 1.24. The number of thioether (sulfide) groups is 1. The second kappa shape index (κ2) is 6.79. The minimum Gasteiger partial charge on any atom is -0.480 e. The molecule has 19 heavy (non-hydrogen) atoms. The molecule has 2 N–H and O–H groups in total. The molecule has 6 nitrogen and oxygen atoms in total. The number of nitrogens with zero attached hydrogens (tertiary/aromatic N) is 1. The van der Waals surface area contributed by atoms with Gasteiger partial charge in [0.2, 0.25) is 5.91 Å². The molecule has 1 aliphatic rings. The summed E-state index contributed by atoms with van der Waals surface area (Å²) in [5, 5.41) is 11.7. The van der Waals surface area contributed by atoms with Crippen molar-refractivity contribution in [1.82, 2.24) is 10.2 Å². The van der Waals surface area contributed by atoms with Crippen molar-refractivity contribution in [3.05, 3.63) is 0 Å². The third-order valence-corrected chi connectivity index (χ3v) is 3.98. The highest BCUT2D eigenvalue weighted by Gasteiger charge is 2.33. The fourth-order valence-corrected chi connectivity index (χ4v) is 2.81. The average Bonchev–Trinajstić information content (AvgIpc) is 2.72. The Morgan fingerprint density at radius 2 is 2.21 bits per heavy atom. The van der Waals surface area contributed by atoms with Crippen molar-refractivity contribution in [2.75, 3.05) is 18.8 Å². The molecular formula is C12H20N2O4S. The molecule has 7 heteroatoms. The Balaban J connectivity index is 2.44. The number of carboxylic acid groups (broad SMARTS) is 1. The van der Waals surface area contributed by atoms with Crippen LogP contribution >= 0.6 is 11.8 Å². The van der Waals surface area contributed by atoms with Crippen molar-refractivity contribution in [3.63, 3.8) is 0 Å². The number of rotatable bonds is 7. The number of aliphatic carboxylic acids is 1. The van der Waals surface area contributed by atoms with Gasteiger partial charge < -0.3 is 15.3 Å². The number of hydrogen-bond donors (Lipinski definition) is 2. The van der Waals surface area contributed by atoms with E-state index in [0.717, 1.165) is 5.75 Å². The van der Waals surface area contributed by atoms with Gasteiger partial charge >= 0.3 is 5.97 Å². The standard InChI is InChI=1S/C12H20N2O4S/c1-3-5-12(2,10(16)17)13-9(15)4-6-14-7-8-19-11(14)18/h3-8H2,1-2H3,(H,13,15)(H,16,17). The molecule has 1 rings (SSSR count). The van der Waals surface area contributed by atoms with Gasteiger partial charge in [-0.1, -0.05) is 25.1 Å². The minimum absolute atomic E-state index is 0.0117. The Bertz CT molecular complexity index is 375. The molecule has 1 heterocycles. The van der Waals surface area contributed by atoms with Crippen LogP contribution in [0.2, 0.25) is 0 Å². The van der Waals surface area contributed by atoms with Crippen molar-refractivity contribution in [3.8, 4) is 0 Å². The molecule has 1 fully saturated rings. The summed E-state index contributed by atoms with van der Waals surface area (Å²) in [6, 6.07) is 0. The van der Waals surface area contributed by atoms with Crippen LogP contribution in [0.25, 0.3) is 0 Å². The van der Waals surface area contributed by atoms with E-state index < -0.39 is 11.5 Å². The van der Waals surface area contributed by atoms with E-state index in [2.05, 4.69) is 5.32 Å². The van der Waals surface area contributed by atoms with Crippen LogP contribution in [0.3, 0.4) is 0 Å². The predicted octanol–water partition coefficient (Wildman–Crippen LogP) is 1.30. The summed E-state index contributed by atoms with van der Waals surface area (Å²) in [5.41, 5.74) is -1.23. The van der Waals surface area contributed by atoms with Crippen LogP contribution < -0.4 is 5.32 Å². The molecular weight excluding hydrogens is 268 g/mol. The zero-order valence-corrected chi connectivity index (χ0v) is 12.1. The number of carbonyl (C=O) groups excluding carboxylic acids is 2. The Kier molecular flexibility index (Phi) is 5.65. The van der Waals surface area contributed by atoms with Gasteiger partial charge in [0.05, 0.1) is 0 Å². The smallest absolute Gasteiger partial charge is 0.329 e. The molecule has 0 aromatic carbocycles. The van der Waals surface area contributed by atoms with E-state index in [0.29, 0.717) is 25.9 Å². The van der Waals surface area contributed by atoms with Crippen LogP contribution in [0, 0.1) is 0 Å². The maximum atomic E-state index is 11.8. The first-order valence-corrected chi connectivity index (χ1v) is 7.33. The van der Waals surface area contributed by atoms with Gasteiger partial charge in [-0.25, -0.2) is 4.79 Å². The summed E-state index contributed by atoms with van der Waals surface area (Å²) in [7, 11) is 0. The Morgan fingerprint density at radius 1 is 1.53 bits per heavy atom. The Morgan fingerprint density at radius 3 is 2.68 bits per heavy atom. The monoisotopic (exact) mass is 288 g/mol. The van der Waals surface area contributed by atoms with Crippen molar-refractivity contribution in [2.45, 2.75) is 38.6 Å². The van der Waals surface area contributed by atoms with Crippen molar-refractivity contribution in [2.24, 2.45) is 0 Å². The second-order valence-electron chi connectivity index (χ2n) is 4.79. The summed E-state index contributed by atoms with van der Waals surface area (Å²) in [5.74, 6) is -0.609. The molecule has 1 saturated heterocycles. The first-order chi connectivity index (χ1) is 8.89. The van der Waals surface area contributed by atoms with E-state index in [-0.39, 0.29) is 17.6 Å². The van der Waals surface area contributed by atoms with Crippen LogP contribution in [0.4, 0.5) is 4.79 Å². The van der Waals surface area contributed by atoms with Crippen LogP contribution in [-0.2, 0) is 9.59 Å². The molecule has 1 unspecified atom stereocenters. The van der Waals surface area contributed by atoms with Crippen LogP contribution in [-0.4, -0.2) is 51.5 Å². The van der Waals surface area contributed by atoms with Gasteiger partial charge in [0.1, 0.15) is 5.54 Å². The summed E-state index contributed by atoms with van der Waals surface area (Å²) < 4.78 is 0. The Labute approximate surface area is 116 Å². The summed E-state index contributed by atoms with van der Waals surface area (Å²) in [6.07, 6.45) is 1.19.